The van der Waals surface area contributed by atoms with Gasteiger partial charge in [0.2, 0.25) is 12.7 Å². The van der Waals surface area contributed by atoms with Crippen LogP contribution in [0.2, 0.25) is 0 Å². The van der Waals surface area contributed by atoms with Gasteiger partial charge in [-0.1, -0.05) is 25.1 Å². The first-order valence-corrected chi connectivity index (χ1v) is 9.89. The highest BCUT2D eigenvalue weighted by atomic mass is 16.7. The quantitative estimate of drug-likeness (QED) is 0.751. The van der Waals surface area contributed by atoms with Crippen molar-refractivity contribution < 1.29 is 19.1 Å². The fourth-order valence-corrected chi connectivity index (χ4v) is 3.49. The first-order valence-electron chi connectivity index (χ1n) is 9.89. The smallest absolute Gasteiger partial charge is 0.253 e. The molecule has 29 heavy (non-hydrogen) atoms. The molecule has 2 aromatic carbocycles. The molecule has 2 heterocycles. The van der Waals surface area contributed by atoms with Crippen LogP contribution < -0.4 is 9.47 Å². The largest absolute Gasteiger partial charge is 0.454 e. The molecule has 0 radical (unpaired) electrons. The number of amides is 2. The van der Waals surface area contributed by atoms with Gasteiger partial charge in [-0.15, -0.1) is 0 Å². The van der Waals surface area contributed by atoms with Gasteiger partial charge in [-0.3, -0.25) is 9.59 Å². The topological polar surface area (TPSA) is 59.1 Å². The van der Waals surface area contributed by atoms with Gasteiger partial charge in [0.05, 0.1) is 0 Å². The van der Waals surface area contributed by atoms with Crippen molar-refractivity contribution in [3.05, 3.63) is 65.2 Å². The van der Waals surface area contributed by atoms with Crippen LogP contribution in [0.15, 0.2) is 48.5 Å². The van der Waals surface area contributed by atoms with E-state index < -0.39 is 0 Å². The second-order valence-corrected chi connectivity index (χ2v) is 7.11. The van der Waals surface area contributed by atoms with E-state index >= 15 is 0 Å². The lowest BCUT2D eigenvalue weighted by Gasteiger charge is -2.34. The molecule has 6 nitrogen and oxygen atoms in total. The van der Waals surface area contributed by atoms with Gasteiger partial charge in [0, 0.05) is 37.8 Å². The molecule has 2 aliphatic rings. The highest BCUT2D eigenvalue weighted by Crippen LogP contribution is 2.32. The third-order valence-corrected chi connectivity index (χ3v) is 5.30. The Hall–Kier alpha value is -3.28. The van der Waals surface area contributed by atoms with Gasteiger partial charge >= 0.3 is 0 Å². The third-order valence-electron chi connectivity index (χ3n) is 5.30. The molecule has 0 bridgehead atoms. The van der Waals surface area contributed by atoms with Crippen LogP contribution >= 0.6 is 0 Å². The van der Waals surface area contributed by atoms with E-state index in [1.54, 1.807) is 17.1 Å². The van der Waals surface area contributed by atoms with Crippen molar-refractivity contribution in [1.82, 2.24) is 9.80 Å². The zero-order valence-corrected chi connectivity index (χ0v) is 16.5. The van der Waals surface area contributed by atoms with Crippen LogP contribution in [0.5, 0.6) is 11.5 Å². The molecule has 2 aromatic rings. The summed E-state index contributed by atoms with van der Waals surface area (Å²) in [7, 11) is 0. The highest BCUT2D eigenvalue weighted by molar-refractivity contribution is 5.95. The SMILES string of the molecule is CCc1ccc(C(=O)N2CCN(C(=O)/C=C/c3ccc4c(c3)OCO4)CC2)cc1. The van der Waals surface area contributed by atoms with Crippen molar-refractivity contribution in [2.24, 2.45) is 0 Å². The molecule has 0 atom stereocenters. The Kier molecular flexibility index (Phi) is 5.51. The number of ether oxygens (including phenoxy) is 2. The lowest BCUT2D eigenvalue weighted by atomic mass is 10.1. The number of hydrogen-bond donors (Lipinski definition) is 0. The van der Waals surface area contributed by atoms with Crippen molar-refractivity contribution >= 4 is 17.9 Å². The van der Waals surface area contributed by atoms with Crippen LogP contribution in [0.3, 0.4) is 0 Å². The van der Waals surface area contributed by atoms with Crippen LogP contribution in [-0.2, 0) is 11.2 Å². The number of piperazine rings is 1. The Balaban J connectivity index is 1.31. The second-order valence-electron chi connectivity index (χ2n) is 7.11. The molecule has 1 saturated heterocycles. The number of nitrogens with zero attached hydrogens (tertiary/aromatic N) is 2. The van der Waals surface area contributed by atoms with Crippen molar-refractivity contribution in [2.75, 3.05) is 33.0 Å². The number of aryl methyl sites for hydroxylation is 1. The molecule has 0 spiro atoms. The molecule has 0 aliphatic carbocycles. The summed E-state index contributed by atoms with van der Waals surface area (Å²) in [4.78, 5) is 28.8. The molecule has 4 rings (SSSR count). The molecular weight excluding hydrogens is 368 g/mol. The lowest BCUT2D eigenvalue weighted by molar-refractivity contribution is -0.127. The Morgan fingerprint density at radius 2 is 1.62 bits per heavy atom. The standard InChI is InChI=1S/C23H24N2O4/c1-2-17-3-7-19(8-4-17)23(27)25-13-11-24(12-14-25)22(26)10-6-18-5-9-20-21(15-18)29-16-28-20/h3-10,15H,2,11-14,16H2,1H3/b10-6+. The number of carbonyl (C=O) groups excluding carboxylic acids is 2. The van der Waals surface area contributed by atoms with E-state index in [-0.39, 0.29) is 18.6 Å². The Labute approximate surface area is 170 Å². The number of fused-ring (bicyclic) bond motifs is 1. The molecule has 0 saturated carbocycles. The first-order chi connectivity index (χ1) is 14.1. The molecular formula is C23H24N2O4. The summed E-state index contributed by atoms with van der Waals surface area (Å²) in [5.41, 5.74) is 2.79. The second kappa shape index (κ2) is 8.39. The lowest BCUT2D eigenvalue weighted by Crippen LogP contribution is -2.50. The average molecular weight is 392 g/mol. The van der Waals surface area contributed by atoms with Crippen LogP contribution in [0.25, 0.3) is 6.08 Å². The van der Waals surface area contributed by atoms with E-state index in [1.807, 2.05) is 47.4 Å². The van der Waals surface area contributed by atoms with Crippen LogP contribution in [0, 0.1) is 0 Å². The minimum Gasteiger partial charge on any atom is -0.454 e. The molecule has 2 amide bonds. The number of benzene rings is 2. The van der Waals surface area contributed by atoms with E-state index in [4.69, 9.17) is 9.47 Å². The summed E-state index contributed by atoms with van der Waals surface area (Å²) >= 11 is 0. The Morgan fingerprint density at radius 1 is 0.931 bits per heavy atom. The van der Waals surface area contributed by atoms with Crippen molar-refractivity contribution in [3.8, 4) is 11.5 Å². The van der Waals surface area contributed by atoms with Crippen molar-refractivity contribution in [2.45, 2.75) is 13.3 Å². The molecule has 0 unspecified atom stereocenters. The fraction of sp³-hybridized carbons (Fsp3) is 0.304. The predicted molar refractivity (Wildman–Crippen MR) is 110 cm³/mol. The molecule has 1 fully saturated rings. The van der Waals surface area contributed by atoms with E-state index in [1.165, 1.54) is 5.56 Å². The van der Waals surface area contributed by atoms with E-state index in [2.05, 4.69) is 6.92 Å². The highest BCUT2D eigenvalue weighted by Gasteiger charge is 2.24. The van der Waals surface area contributed by atoms with Gasteiger partial charge in [0.25, 0.3) is 5.91 Å². The molecule has 2 aliphatic heterocycles. The van der Waals surface area contributed by atoms with E-state index in [0.717, 1.165) is 17.7 Å². The normalized spacial score (nSPS) is 15.8. The summed E-state index contributed by atoms with van der Waals surface area (Å²) in [5, 5.41) is 0. The number of rotatable bonds is 4. The van der Waals surface area contributed by atoms with E-state index in [9.17, 15) is 9.59 Å². The third kappa shape index (κ3) is 4.26. The first kappa shape index (κ1) is 19.1. The van der Waals surface area contributed by atoms with E-state index in [0.29, 0.717) is 37.5 Å². The van der Waals surface area contributed by atoms with Crippen molar-refractivity contribution in [3.63, 3.8) is 0 Å². The average Bonchev–Trinajstić information content (AvgIpc) is 3.25. The predicted octanol–water partition coefficient (Wildman–Crippen LogP) is 2.98. The maximum absolute atomic E-state index is 12.7. The van der Waals surface area contributed by atoms with Gasteiger partial charge in [0.15, 0.2) is 11.5 Å². The molecule has 150 valence electrons. The molecule has 6 heteroatoms. The van der Waals surface area contributed by atoms with Crippen LogP contribution in [0.1, 0.15) is 28.4 Å². The monoisotopic (exact) mass is 392 g/mol. The maximum Gasteiger partial charge on any atom is 0.253 e. The number of carbonyl (C=O) groups is 2. The van der Waals surface area contributed by atoms with Crippen LogP contribution in [-0.4, -0.2) is 54.6 Å². The summed E-state index contributed by atoms with van der Waals surface area (Å²) in [6.45, 7) is 4.46. The summed E-state index contributed by atoms with van der Waals surface area (Å²) in [6, 6.07) is 13.3. The van der Waals surface area contributed by atoms with Gasteiger partial charge in [-0.2, -0.15) is 0 Å². The minimum atomic E-state index is -0.0536. The van der Waals surface area contributed by atoms with Gasteiger partial charge in [-0.25, -0.2) is 0 Å². The molecule has 0 aromatic heterocycles. The zero-order valence-electron chi connectivity index (χ0n) is 16.5. The summed E-state index contributed by atoms with van der Waals surface area (Å²) < 4.78 is 10.7. The Bertz CT molecular complexity index is 928. The Morgan fingerprint density at radius 3 is 2.34 bits per heavy atom. The summed E-state index contributed by atoms with van der Waals surface area (Å²) in [5.74, 6) is 1.38. The minimum absolute atomic E-state index is 0.0238. The fourth-order valence-electron chi connectivity index (χ4n) is 3.49. The maximum atomic E-state index is 12.7. The van der Waals surface area contributed by atoms with Gasteiger partial charge < -0.3 is 19.3 Å². The van der Waals surface area contributed by atoms with Gasteiger partial charge in [0.1, 0.15) is 0 Å². The molecule has 0 N–H and O–H groups in total. The van der Waals surface area contributed by atoms with Crippen LogP contribution in [0.4, 0.5) is 0 Å². The summed E-state index contributed by atoms with van der Waals surface area (Å²) in [6.07, 6.45) is 4.30. The van der Waals surface area contributed by atoms with Crippen molar-refractivity contribution in [1.29, 1.82) is 0 Å². The zero-order chi connectivity index (χ0) is 20.2. The van der Waals surface area contributed by atoms with Gasteiger partial charge in [-0.05, 0) is 47.9 Å². The number of hydrogen-bond acceptors (Lipinski definition) is 4.